The zero-order valence-corrected chi connectivity index (χ0v) is 13.7. The quantitative estimate of drug-likeness (QED) is 0.563. The molecule has 0 nitrogen and oxygen atoms in total. The summed E-state index contributed by atoms with van der Waals surface area (Å²) >= 11 is 0. The highest BCUT2D eigenvalue weighted by molar-refractivity contribution is 5.89. The second-order valence-corrected chi connectivity index (χ2v) is 8.45. The molecule has 2 aromatic carbocycles. The Bertz CT molecular complexity index is 663. The second-order valence-electron chi connectivity index (χ2n) is 8.45. The predicted octanol–water partition coefficient (Wildman–Crippen LogP) is 5.82. The Balaban J connectivity index is 2.16. The van der Waals surface area contributed by atoms with Crippen LogP contribution in [0.15, 0.2) is 30.3 Å². The Morgan fingerprint density at radius 1 is 0.900 bits per heavy atom. The van der Waals surface area contributed by atoms with Crippen LogP contribution in [0.4, 0.5) is 0 Å². The van der Waals surface area contributed by atoms with Gasteiger partial charge in [-0.05, 0) is 50.6 Å². The van der Waals surface area contributed by atoms with Crippen molar-refractivity contribution >= 4 is 10.8 Å². The van der Waals surface area contributed by atoms with Gasteiger partial charge in [0.25, 0.3) is 0 Å². The van der Waals surface area contributed by atoms with Crippen molar-refractivity contribution in [1.29, 1.82) is 0 Å². The molecule has 0 heterocycles. The summed E-state index contributed by atoms with van der Waals surface area (Å²) in [5.41, 5.74) is 5.18. The minimum absolute atomic E-state index is 0.223. The number of rotatable bonds is 0. The topological polar surface area (TPSA) is 0 Å². The fourth-order valence-electron chi connectivity index (χ4n) is 3.39. The lowest BCUT2D eigenvalue weighted by atomic mass is 9.63. The van der Waals surface area contributed by atoms with Crippen LogP contribution in [0.2, 0.25) is 0 Å². The SMILES string of the molecule is CC(C)(C)c1ccc2c3c(ccc2c1)CC3C(C)(C)C. The first-order valence-electron chi connectivity index (χ1n) is 7.74. The van der Waals surface area contributed by atoms with Crippen LogP contribution in [0.25, 0.3) is 10.8 Å². The molecule has 0 aliphatic heterocycles. The van der Waals surface area contributed by atoms with Crippen LogP contribution in [0.3, 0.4) is 0 Å². The summed E-state index contributed by atoms with van der Waals surface area (Å²) in [6, 6.07) is 11.7. The Hall–Kier alpha value is -1.30. The fraction of sp³-hybridized carbons (Fsp3) is 0.500. The first-order valence-corrected chi connectivity index (χ1v) is 7.74. The number of benzene rings is 2. The maximum atomic E-state index is 2.38. The molecule has 0 radical (unpaired) electrons. The van der Waals surface area contributed by atoms with Crippen LogP contribution in [0, 0.1) is 5.41 Å². The van der Waals surface area contributed by atoms with Crippen LogP contribution >= 0.6 is 0 Å². The van der Waals surface area contributed by atoms with E-state index in [0.29, 0.717) is 11.3 Å². The van der Waals surface area contributed by atoms with Gasteiger partial charge in [0.2, 0.25) is 0 Å². The van der Waals surface area contributed by atoms with Gasteiger partial charge in [-0.3, -0.25) is 0 Å². The molecule has 1 unspecified atom stereocenters. The van der Waals surface area contributed by atoms with Crippen molar-refractivity contribution in [2.75, 3.05) is 0 Å². The van der Waals surface area contributed by atoms with E-state index in [9.17, 15) is 0 Å². The predicted molar refractivity (Wildman–Crippen MR) is 88.5 cm³/mol. The average molecular weight is 266 g/mol. The number of fused-ring (bicyclic) bond motifs is 3. The molecule has 2 aromatic rings. The molecule has 20 heavy (non-hydrogen) atoms. The Morgan fingerprint density at radius 2 is 1.60 bits per heavy atom. The molecule has 106 valence electrons. The van der Waals surface area contributed by atoms with Gasteiger partial charge in [-0.1, -0.05) is 71.9 Å². The van der Waals surface area contributed by atoms with Crippen LogP contribution in [0.5, 0.6) is 0 Å². The minimum atomic E-state index is 0.223. The molecule has 0 aromatic heterocycles. The van der Waals surface area contributed by atoms with Crippen molar-refractivity contribution in [2.24, 2.45) is 5.41 Å². The maximum Gasteiger partial charge on any atom is -0.00638 e. The normalized spacial score (nSPS) is 18.8. The van der Waals surface area contributed by atoms with Gasteiger partial charge in [-0.25, -0.2) is 0 Å². The van der Waals surface area contributed by atoms with Gasteiger partial charge < -0.3 is 0 Å². The summed E-state index contributed by atoms with van der Waals surface area (Å²) in [7, 11) is 0. The molecule has 0 bridgehead atoms. The van der Waals surface area contributed by atoms with Crippen molar-refractivity contribution in [3.05, 3.63) is 47.0 Å². The number of hydrogen-bond donors (Lipinski definition) is 0. The van der Waals surface area contributed by atoms with E-state index in [-0.39, 0.29) is 5.41 Å². The van der Waals surface area contributed by atoms with Gasteiger partial charge >= 0.3 is 0 Å². The molecule has 0 fully saturated rings. The van der Waals surface area contributed by atoms with Gasteiger partial charge in [0.15, 0.2) is 0 Å². The summed E-state index contributed by atoms with van der Waals surface area (Å²) in [5.74, 6) is 0.710. The lowest BCUT2D eigenvalue weighted by molar-refractivity contribution is 0.294. The third kappa shape index (κ3) is 2.06. The van der Waals surface area contributed by atoms with Crippen LogP contribution in [-0.4, -0.2) is 0 Å². The molecule has 1 aliphatic rings. The van der Waals surface area contributed by atoms with Crippen molar-refractivity contribution in [1.82, 2.24) is 0 Å². The van der Waals surface area contributed by atoms with E-state index >= 15 is 0 Å². The van der Waals surface area contributed by atoms with E-state index in [1.54, 1.807) is 11.1 Å². The summed E-state index contributed by atoms with van der Waals surface area (Å²) in [4.78, 5) is 0. The van der Waals surface area contributed by atoms with Crippen molar-refractivity contribution in [3.63, 3.8) is 0 Å². The lowest BCUT2D eigenvalue weighted by Crippen LogP contribution is -2.29. The molecule has 0 saturated carbocycles. The highest BCUT2D eigenvalue weighted by atomic mass is 14.4. The first-order chi connectivity index (χ1) is 9.18. The molecule has 3 rings (SSSR count). The fourth-order valence-corrected chi connectivity index (χ4v) is 3.39. The van der Waals surface area contributed by atoms with Crippen LogP contribution in [0.1, 0.15) is 64.2 Å². The third-order valence-electron chi connectivity index (χ3n) is 4.84. The van der Waals surface area contributed by atoms with Crippen LogP contribution in [-0.2, 0) is 11.8 Å². The van der Waals surface area contributed by atoms with E-state index < -0.39 is 0 Å². The molecule has 0 heteroatoms. The molecular formula is C20H26. The standard InChI is InChI=1S/C20H26/c1-19(2,3)15-9-10-16-13(11-15)7-8-14-12-17(18(14)16)20(4,5)6/h7-11,17H,12H2,1-6H3. The zero-order chi connectivity index (χ0) is 14.7. The van der Waals surface area contributed by atoms with Crippen molar-refractivity contribution < 1.29 is 0 Å². The summed E-state index contributed by atoms with van der Waals surface area (Å²) in [5, 5.41) is 2.88. The Labute approximate surface area is 123 Å². The smallest absolute Gasteiger partial charge is 0.00638 e. The summed E-state index contributed by atoms with van der Waals surface area (Å²) in [6.07, 6.45) is 1.25. The van der Waals surface area contributed by atoms with E-state index in [1.807, 2.05) is 0 Å². The monoisotopic (exact) mass is 266 g/mol. The Kier molecular flexibility index (Phi) is 2.80. The minimum Gasteiger partial charge on any atom is -0.0596 e. The van der Waals surface area contributed by atoms with E-state index in [0.717, 1.165) is 0 Å². The molecule has 1 aliphatic carbocycles. The molecule has 0 spiro atoms. The second kappa shape index (κ2) is 4.10. The molecule has 0 amide bonds. The van der Waals surface area contributed by atoms with Gasteiger partial charge in [0, 0.05) is 0 Å². The van der Waals surface area contributed by atoms with E-state index in [1.165, 1.54) is 22.8 Å². The largest absolute Gasteiger partial charge is 0.0596 e. The molecular weight excluding hydrogens is 240 g/mol. The molecule has 1 atom stereocenters. The summed E-state index contributed by atoms with van der Waals surface area (Å²) < 4.78 is 0. The zero-order valence-electron chi connectivity index (χ0n) is 13.7. The van der Waals surface area contributed by atoms with Crippen molar-refractivity contribution in [2.45, 2.75) is 59.3 Å². The highest BCUT2D eigenvalue weighted by Gasteiger charge is 2.36. The van der Waals surface area contributed by atoms with Gasteiger partial charge in [-0.15, -0.1) is 0 Å². The van der Waals surface area contributed by atoms with E-state index in [2.05, 4.69) is 71.9 Å². The Morgan fingerprint density at radius 3 is 2.20 bits per heavy atom. The highest BCUT2D eigenvalue weighted by Crippen LogP contribution is 2.49. The number of hydrogen-bond acceptors (Lipinski definition) is 0. The molecule has 0 saturated heterocycles. The maximum absolute atomic E-state index is 2.38. The van der Waals surface area contributed by atoms with E-state index in [4.69, 9.17) is 0 Å². The van der Waals surface area contributed by atoms with Crippen LogP contribution < -0.4 is 0 Å². The van der Waals surface area contributed by atoms with Crippen molar-refractivity contribution in [3.8, 4) is 0 Å². The summed E-state index contributed by atoms with van der Waals surface area (Å²) in [6.45, 7) is 13.9. The van der Waals surface area contributed by atoms with Gasteiger partial charge in [0.05, 0.1) is 0 Å². The van der Waals surface area contributed by atoms with Gasteiger partial charge in [-0.2, -0.15) is 0 Å². The molecule has 0 N–H and O–H groups in total. The lowest BCUT2D eigenvalue weighted by Gasteiger charge is -2.41. The average Bonchev–Trinajstić information content (AvgIpc) is 2.25. The van der Waals surface area contributed by atoms with Gasteiger partial charge in [0.1, 0.15) is 0 Å². The first kappa shape index (κ1) is 13.7. The third-order valence-corrected chi connectivity index (χ3v) is 4.84.